The zero-order chi connectivity index (χ0) is 17.1. The first kappa shape index (κ1) is 15.7. The van der Waals surface area contributed by atoms with Gasteiger partial charge in [-0.1, -0.05) is 24.3 Å². The molecule has 0 saturated heterocycles. The summed E-state index contributed by atoms with van der Waals surface area (Å²) in [6.45, 7) is 2.34. The van der Waals surface area contributed by atoms with E-state index < -0.39 is 0 Å². The van der Waals surface area contributed by atoms with E-state index in [9.17, 15) is 0 Å². The van der Waals surface area contributed by atoms with Crippen LogP contribution in [0, 0.1) is 0 Å². The average Bonchev–Trinajstić information content (AvgIpc) is 3.11. The molecule has 0 fully saturated rings. The number of methoxy groups -OCH3 is 1. The SMILES string of the molecule is COc1cccc(COc2cccc(-c3nc4c([nH]3)CNCC4)c2)c1. The van der Waals surface area contributed by atoms with Crippen molar-refractivity contribution in [3.05, 3.63) is 65.5 Å². The van der Waals surface area contributed by atoms with Gasteiger partial charge in [0.1, 0.15) is 23.9 Å². The van der Waals surface area contributed by atoms with Gasteiger partial charge in [0.05, 0.1) is 18.5 Å². The lowest BCUT2D eigenvalue weighted by Gasteiger charge is -2.09. The quantitative estimate of drug-likeness (QED) is 0.751. The van der Waals surface area contributed by atoms with Gasteiger partial charge >= 0.3 is 0 Å². The molecule has 3 aromatic rings. The van der Waals surface area contributed by atoms with Crippen LogP contribution in [0.5, 0.6) is 11.5 Å². The Morgan fingerprint density at radius 2 is 1.96 bits per heavy atom. The van der Waals surface area contributed by atoms with E-state index in [-0.39, 0.29) is 0 Å². The van der Waals surface area contributed by atoms with Gasteiger partial charge in [0, 0.05) is 25.1 Å². The van der Waals surface area contributed by atoms with E-state index in [1.165, 1.54) is 5.69 Å². The second kappa shape index (κ2) is 6.99. The molecule has 2 heterocycles. The van der Waals surface area contributed by atoms with Crippen LogP contribution < -0.4 is 14.8 Å². The highest BCUT2D eigenvalue weighted by Crippen LogP contribution is 2.25. The molecule has 2 N–H and O–H groups in total. The van der Waals surface area contributed by atoms with Crippen molar-refractivity contribution in [1.82, 2.24) is 15.3 Å². The number of ether oxygens (including phenoxy) is 2. The lowest BCUT2D eigenvalue weighted by atomic mass is 10.2. The Balaban J connectivity index is 1.50. The number of fused-ring (bicyclic) bond motifs is 1. The third-order valence-corrected chi connectivity index (χ3v) is 4.35. The molecule has 5 heteroatoms. The summed E-state index contributed by atoms with van der Waals surface area (Å²) in [5.41, 5.74) is 4.46. The minimum atomic E-state index is 0.499. The summed E-state index contributed by atoms with van der Waals surface area (Å²) in [7, 11) is 1.67. The van der Waals surface area contributed by atoms with Gasteiger partial charge in [-0.3, -0.25) is 0 Å². The van der Waals surface area contributed by atoms with Crippen molar-refractivity contribution in [3.63, 3.8) is 0 Å². The lowest BCUT2D eigenvalue weighted by Crippen LogP contribution is -2.23. The molecule has 0 unspecified atom stereocenters. The topological polar surface area (TPSA) is 59.2 Å². The molecule has 0 atom stereocenters. The molecule has 0 aliphatic carbocycles. The Hall–Kier alpha value is -2.79. The Bertz CT molecular complexity index is 849. The third kappa shape index (κ3) is 3.51. The molecule has 0 radical (unpaired) electrons. The maximum atomic E-state index is 5.95. The summed E-state index contributed by atoms with van der Waals surface area (Å²) >= 11 is 0. The predicted octanol–water partition coefficient (Wildman–Crippen LogP) is 3.31. The van der Waals surface area contributed by atoms with E-state index in [0.717, 1.165) is 53.7 Å². The van der Waals surface area contributed by atoms with Crippen LogP contribution in [-0.2, 0) is 19.6 Å². The Morgan fingerprint density at radius 3 is 2.84 bits per heavy atom. The second-order valence-electron chi connectivity index (χ2n) is 6.11. The molecule has 25 heavy (non-hydrogen) atoms. The highest BCUT2D eigenvalue weighted by atomic mass is 16.5. The third-order valence-electron chi connectivity index (χ3n) is 4.35. The molecule has 0 bridgehead atoms. The second-order valence-corrected chi connectivity index (χ2v) is 6.11. The van der Waals surface area contributed by atoms with Crippen LogP contribution in [0.3, 0.4) is 0 Å². The van der Waals surface area contributed by atoms with Crippen molar-refractivity contribution in [2.24, 2.45) is 0 Å². The average molecular weight is 335 g/mol. The van der Waals surface area contributed by atoms with Gasteiger partial charge in [0.2, 0.25) is 0 Å². The van der Waals surface area contributed by atoms with E-state index >= 15 is 0 Å². The fourth-order valence-electron chi connectivity index (χ4n) is 3.02. The van der Waals surface area contributed by atoms with Crippen LogP contribution in [0.2, 0.25) is 0 Å². The highest BCUT2D eigenvalue weighted by molar-refractivity contribution is 5.58. The number of aromatic nitrogens is 2. The highest BCUT2D eigenvalue weighted by Gasteiger charge is 2.15. The molecule has 2 aromatic carbocycles. The standard InChI is InChI=1S/C20H21N3O2/c1-24-16-6-2-4-14(10-16)13-25-17-7-3-5-15(11-17)20-22-18-8-9-21-12-19(18)23-20/h2-7,10-11,21H,8-9,12-13H2,1H3,(H,22,23). The minimum Gasteiger partial charge on any atom is -0.497 e. The van der Waals surface area contributed by atoms with Crippen LogP contribution in [-0.4, -0.2) is 23.6 Å². The Kier molecular flexibility index (Phi) is 4.39. The van der Waals surface area contributed by atoms with Gasteiger partial charge < -0.3 is 19.8 Å². The molecular formula is C20H21N3O2. The number of aromatic amines is 1. The first-order valence-electron chi connectivity index (χ1n) is 8.46. The van der Waals surface area contributed by atoms with Crippen molar-refractivity contribution >= 4 is 0 Å². The normalized spacial score (nSPS) is 13.3. The molecule has 0 spiro atoms. The van der Waals surface area contributed by atoms with Crippen LogP contribution in [0.25, 0.3) is 11.4 Å². The zero-order valence-corrected chi connectivity index (χ0v) is 14.2. The Labute approximate surface area is 147 Å². The number of H-pyrrole nitrogens is 1. The molecule has 1 aliphatic heterocycles. The monoisotopic (exact) mass is 335 g/mol. The van der Waals surface area contributed by atoms with Gasteiger partial charge in [-0.2, -0.15) is 0 Å². The number of hydrogen-bond acceptors (Lipinski definition) is 4. The molecule has 4 rings (SSSR count). The molecule has 1 aromatic heterocycles. The fourth-order valence-corrected chi connectivity index (χ4v) is 3.02. The summed E-state index contributed by atoms with van der Waals surface area (Å²) in [5, 5.41) is 3.36. The zero-order valence-electron chi connectivity index (χ0n) is 14.2. The van der Waals surface area contributed by atoms with Gasteiger partial charge in [-0.05, 0) is 29.8 Å². The van der Waals surface area contributed by atoms with E-state index in [0.29, 0.717) is 6.61 Å². The Morgan fingerprint density at radius 1 is 1.08 bits per heavy atom. The van der Waals surface area contributed by atoms with Crippen molar-refractivity contribution in [2.75, 3.05) is 13.7 Å². The number of hydrogen-bond donors (Lipinski definition) is 2. The van der Waals surface area contributed by atoms with E-state index in [1.807, 2.05) is 42.5 Å². The molecule has 5 nitrogen and oxygen atoms in total. The van der Waals surface area contributed by atoms with Crippen molar-refractivity contribution in [1.29, 1.82) is 0 Å². The number of nitrogens with zero attached hydrogens (tertiary/aromatic N) is 1. The van der Waals surface area contributed by atoms with E-state index in [1.54, 1.807) is 7.11 Å². The van der Waals surface area contributed by atoms with Crippen LogP contribution >= 0.6 is 0 Å². The summed E-state index contributed by atoms with van der Waals surface area (Å²) in [4.78, 5) is 8.16. The first-order chi connectivity index (χ1) is 12.3. The number of imidazole rings is 1. The predicted molar refractivity (Wildman–Crippen MR) is 96.8 cm³/mol. The maximum absolute atomic E-state index is 5.95. The number of rotatable bonds is 5. The molecular weight excluding hydrogens is 314 g/mol. The van der Waals surface area contributed by atoms with Gasteiger partial charge in [0.25, 0.3) is 0 Å². The summed E-state index contributed by atoms with van der Waals surface area (Å²) < 4.78 is 11.2. The lowest BCUT2D eigenvalue weighted by molar-refractivity contribution is 0.305. The summed E-state index contributed by atoms with van der Waals surface area (Å²) in [6, 6.07) is 15.9. The van der Waals surface area contributed by atoms with Gasteiger partial charge in [0.15, 0.2) is 0 Å². The van der Waals surface area contributed by atoms with Gasteiger partial charge in [-0.25, -0.2) is 4.98 Å². The molecule has 0 saturated carbocycles. The first-order valence-corrected chi connectivity index (χ1v) is 8.46. The fraction of sp³-hybridized carbons (Fsp3) is 0.250. The van der Waals surface area contributed by atoms with E-state index in [4.69, 9.17) is 14.5 Å². The molecule has 128 valence electrons. The van der Waals surface area contributed by atoms with Crippen LogP contribution in [0.15, 0.2) is 48.5 Å². The summed E-state index contributed by atoms with van der Waals surface area (Å²) in [5.74, 6) is 2.57. The van der Waals surface area contributed by atoms with Crippen LogP contribution in [0.4, 0.5) is 0 Å². The molecule has 0 amide bonds. The van der Waals surface area contributed by atoms with Crippen molar-refractivity contribution < 1.29 is 9.47 Å². The smallest absolute Gasteiger partial charge is 0.137 e. The number of benzene rings is 2. The van der Waals surface area contributed by atoms with E-state index in [2.05, 4.69) is 16.4 Å². The number of nitrogens with one attached hydrogen (secondary N) is 2. The van der Waals surface area contributed by atoms with Gasteiger partial charge in [-0.15, -0.1) is 0 Å². The maximum Gasteiger partial charge on any atom is 0.137 e. The van der Waals surface area contributed by atoms with Crippen molar-refractivity contribution in [2.45, 2.75) is 19.6 Å². The summed E-state index contributed by atoms with van der Waals surface area (Å²) in [6.07, 6.45) is 0.970. The minimum absolute atomic E-state index is 0.499. The largest absolute Gasteiger partial charge is 0.497 e. The van der Waals surface area contributed by atoms with Crippen molar-refractivity contribution in [3.8, 4) is 22.9 Å². The molecule has 1 aliphatic rings. The van der Waals surface area contributed by atoms with Crippen LogP contribution in [0.1, 0.15) is 17.0 Å².